The number of aryl methyl sites for hydroxylation is 2. The predicted octanol–water partition coefficient (Wildman–Crippen LogP) is 4.16. The fourth-order valence-electron chi connectivity index (χ4n) is 4.12. The van der Waals surface area contributed by atoms with Crippen LogP contribution in [0.1, 0.15) is 45.5 Å². The fraction of sp³-hybridized carbons (Fsp3) is 0.455. The van der Waals surface area contributed by atoms with Crippen LogP contribution in [0.3, 0.4) is 0 Å². The molecule has 164 valence electrons. The van der Waals surface area contributed by atoms with Gasteiger partial charge in [-0.15, -0.1) is 11.3 Å². The van der Waals surface area contributed by atoms with Crippen LogP contribution in [0.2, 0.25) is 0 Å². The molecule has 7 nitrogen and oxygen atoms in total. The van der Waals surface area contributed by atoms with E-state index in [-0.39, 0.29) is 11.7 Å². The summed E-state index contributed by atoms with van der Waals surface area (Å²) in [5, 5.41) is 5.15. The summed E-state index contributed by atoms with van der Waals surface area (Å²) in [4.78, 5) is 24.8. The normalized spacial score (nSPS) is 19.0. The van der Waals surface area contributed by atoms with E-state index in [9.17, 15) is 9.18 Å². The number of ether oxygens (including phenoxy) is 1. The van der Waals surface area contributed by atoms with E-state index in [2.05, 4.69) is 15.1 Å². The van der Waals surface area contributed by atoms with Crippen LogP contribution in [0.5, 0.6) is 0 Å². The molecule has 1 fully saturated rings. The second kappa shape index (κ2) is 8.84. The minimum atomic E-state index is -0.473. The summed E-state index contributed by atoms with van der Waals surface area (Å²) in [5.74, 6) is 0.560. The van der Waals surface area contributed by atoms with Crippen LogP contribution in [0.25, 0.3) is 11.5 Å². The Morgan fingerprint density at radius 1 is 1.29 bits per heavy atom. The largest absolute Gasteiger partial charge is 0.385 e. The van der Waals surface area contributed by atoms with E-state index in [1.165, 1.54) is 23.5 Å². The van der Waals surface area contributed by atoms with E-state index in [1.807, 2.05) is 18.7 Å². The van der Waals surface area contributed by atoms with Crippen LogP contribution < -0.4 is 0 Å². The topological polar surface area (TPSA) is 81.4 Å². The number of likely N-dealkylation sites (tertiary alicyclic amines) is 1. The Hall–Kier alpha value is -2.65. The number of methoxy groups -OCH3 is 1. The van der Waals surface area contributed by atoms with Crippen LogP contribution in [0, 0.1) is 19.7 Å². The lowest BCUT2D eigenvalue weighted by Gasteiger charge is -2.40. The van der Waals surface area contributed by atoms with Crippen molar-refractivity contribution in [1.29, 1.82) is 0 Å². The van der Waals surface area contributed by atoms with Crippen molar-refractivity contribution < 1.29 is 18.4 Å². The second-order valence-electron chi connectivity index (χ2n) is 7.93. The van der Waals surface area contributed by atoms with Gasteiger partial charge in [-0.05, 0) is 57.4 Å². The van der Waals surface area contributed by atoms with Crippen molar-refractivity contribution in [2.45, 2.75) is 38.5 Å². The Morgan fingerprint density at radius 3 is 2.74 bits per heavy atom. The highest BCUT2D eigenvalue weighted by Gasteiger charge is 2.43. The first-order valence-electron chi connectivity index (χ1n) is 10.2. The maximum absolute atomic E-state index is 13.3. The van der Waals surface area contributed by atoms with Gasteiger partial charge in [0, 0.05) is 32.4 Å². The number of hydrogen-bond acceptors (Lipinski definition) is 7. The van der Waals surface area contributed by atoms with Crippen LogP contribution in [0.15, 0.2) is 28.8 Å². The van der Waals surface area contributed by atoms with E-state index in [4.69, 9.17) is 9.26 Å². The number of rotatable bonds is 6. The molecule has 0 aliphatic carbocycles. The van der Waals surface area contributed by atoms with E-state index in [0.29, 0.717) is 48.3 Å². The van der Waals surface area contributed by atoms with Crippen molar-refractivity contribution in [1.82, 2.24) is 20.0 Å². The number of thiazole rings is 1. The zero-order valence-corrected chi connectivity index (χ0v) is 18.7. The molecule has 3 aromatic rings. The summed E-state index contributed by atoms with van der Waals surface area (Å²) in [6.07, 6.45) is 2.31. The summed E-state index contributed by atoms with van der Waals surface area (Å²) in [7, 11) is 1.66. The molecule has 4 rings (SSSR count). The van der Waals surface area contributed by atoms with E-state index < -0.39 is 5.41 Å². The smallest absolute Gasteiger partial charge is 0.265 e. The molecular formula is C22H25FN4O3S. The van der Waals surface area contributed by atoms with Crippen molar-refractivity contribution in [3.8, 4) is 11.5 Å². The summed E-state index contributed by atoms with van der Waals surface area (Å²) in [6.45, 7) is 5.44. The Balaban J connectivity index is 1.63. The van der Waals surface area contributed by atoms with Gasteiger partial charge in [-0.25, -0.2) is 9.37 Å². The van der Waals surface area contributed by atoms with Gasteiger partial charge in [0.05, 0.1) is 16.1 Å². The number of piperidine rings is 1. The molecule has 1 aliphatic heterocycles. The van der Waals surface area contributed by atoms with Gasteiger partial charge >= 0.3 is 0 Å². The number of amides is 1. The molecule has 0 saturated carbocycles. The lowest BCUT2D eigenvalue weighted by molar-refractivity contribution is 0.0570. The number of halogens is 1. The van der Waals surface area contributed by atoms with E-state index >= 15 is 0 Å². The van der Waals surface area contributed by atoms with Gasteiger partial charge in [0.15, 0.2) is 5.82 Å². The lowest BCUT2D eigenvalue weighted by Crippen LogP contribution is -2.49. The van der Waals surface area contributed by atoms with Gasteiger partial charge < -0.3 is 14.2 Å². The molecule has 0 bridgehead atoms. The summed E-state index contributed by atoms with van der Waals surface area (Å²) < 4.78 is 24.1. The molecule has 1 aliphatic rings. The number of nitrogens with zero attached hydrogens (tertiary/aromatic N) is 4. The minimum Gasteiger partial charge on any atom is -0.385 e. The molecule has 1 aromatic carbocycles. The number of aromatic nitrogens is 3. The number of carbonyl (C=O) groups is 1. The predicted molar refractivity (Wildman–Crippen MR) is 115 cm³/mol. The highest BCUT2D eigenvalue weighted by molar-refractivity contribution is 7.13. The van der Waals surface area contributed by atoms with E-state index in [0.717, 1.165) is 23.5 Å². The number of carbonyl (C=O) groups excluding carboxylic acids is 1. The van der Waals surface area contributed by atoms with Gasteiger partial charge in [0.2, 0.25) is 0 Å². The van der Waals surface area contributed by atoms with Crippen molar-refractivity contribution in [2.24, 2.45) is 0 Å². The highest BCUT2D eigenvalue weighted by atomic mass is 32.1. The molecule has 9 heteroatoms. The Bertz CT molecular complexity index is 1070. The van der Waals surface area contributed by atoms with Crippen molar-refractivity contribution in [3.63, 3.8) is 0 Å². The third kappa shape index (κ3) is 4.38. The number of benzene rings is 1. The average molecular weight is 445 g/mol. The van der Waals surface area contributed by atoms with Crippen molar-refractivity contribution in [2.75, 3.05) is 26.8 Å². The molecule has 0 radical (unpaired) electrons. The molecule has 0 N–H and O–H groups in total. The molecule has 1 amide bonds. The zero-order valence-electron chi connectivity index (χ0n) is 17.9. The summed E-state index contributed by atoms with van der Waals surface area (Å²) in [6, 6.07) is 5.95. The standard InChI is InChI=1S/C22H25FN4O3S/c1-14-18(31-15(2)24-14)20(28)27-11-4-9-22(13-27,10-12-29-3)21-25-19(30-26-21)16-5-7-17(23)8-6-16/h5-8H,4,9-13H2,1-3H3. The maximum atomic E-state index is 13.3. The molecular weight excluding hydrogens is 419 g/mol. The number of hydrogen-bond donors (Lipinski definition) is 0. The molecule has 0 spiro atoms. The zero-order chi connectivity index (χ0) is 22.0. The third-order valence-corrected chi connectivity index (χ3v) is 6.80. The van der Waals surface area contributed by atoms with Crippen LogP contribution in [-0.2, 0) is 10.2 Å². The Labute approximate surface area is 184 Å². The monoisotopic (exact) mass is 444 g/mol. The molecule has 1 unspecified atom stereocenters. The van der Waals surface area contributed by atoms with Gasteiger partial charge in [0.25, 0.3) is 11.8 Å². The van der Waals surface area contributed by atoms with Gasteiger partial charge in [0.1, 0.15) is 10.7 Å². The van der Waals surface area contributed by atoms with Gasteiger partial charge in [-0.1, -0.05) is 5.16 Å². The van der Waals surface area contributed by atoms with Crippen LogP contribution >= 0.6 is 11.3 Å². The SMILES string of the molecule is COCCC1(c2noc(-c3ccc(F)cc3)n2)CCCN(C(=O)c2sc(C)nc2C)C1. The fourth-order valence-corrected chi connectivity index (χ4v) is 5.01. The Kier molecular flexibility index (Phi) is 6.15. The lowest BCUT2D eigenvalue weighted by atomic mass is 9.76. The van der Waals surface area contributed by atoms with Crippen molar-refractivity contribution in [3.05, 3.63) is 51.5 Å². The average Bonchev–Trinajstić information content (AvgIpc) is 3.39. The summed E-state index contributed by atoms with van der Waals surface area (Å²) in [5.41, 5.74) is 0.944. The quantitative estimate of drug-likeness (QED) is 0.568. The van der Waals surface area contributed by atoms with Gasteiger partial charge in [-0.2, -0.15) is 4.98 Å². The highest BCUT2D eigenvalue weighted by Crippen LogP contribution is 2.37. The summed E-state index contributed by atoms with van der Waals surface area (Å²) >= 11 is 1.43. The third-order valence-electron chi connectivity index (χ3n) is 5.74. The second-order valence-corrected chi connectivity index (χ2v) is 9.13. The van der Waals surface area contributed by atoms with Gasteiger partial charge in [-0.3, -0.25) is 4.79 Å². The molecule has 3 heterocycles. The van der Waals surface area contributed by atoms with Crippen LogP contribution in [-0.4, -0.2) is 52.7 Å². The first-order chi connectivity index (χ1) is 14.9. The Morgan fingerprint density at radius 2 is 2.06 bits per heavy atom. The minimum absolute atomic E-state index is 0.00755. The molecule has 1 atom stereocenters. The van der Waals surface area contributed by atoms with Crippen LogP contribution in [0.4, 0.5) is 4.39 Å². The first-order valence-corrected chi connectivity index (χ1v) is 11.1. The molecule has 31 heavy (non-hydrogen) atoms. The van der Waals surface area contributed by atoms with Crippen molar-refractivity contribution >= 4 is 17.2 Å². The molecule has 1 saturated heterocycles. The maximum Gasteiger partial charge on any atom is 0.265 e. The van der Waals surface area contributed by atoms with E-state index in [1.54, 1.807) is 19.2 Å². The first kappa shape index (κ1) is 21.6. The molecule has 2 aromatic heterocycles.